The van der Waals surface area contributed by atoms with Crippen LogP contribution in [0.25, 0.3) is 22.3 Å². The number of anilines is 1. The molecule has 6 rings (SSSR count). The second-order valence-corrected chi connectivity index (χ2v) is 10.3. The Hall–Kier alpha value is -3.73. The van der Waals surface area contributed by atoms with Crippen molar-refractivity contribution in [2.45, 2.75) is 25.0 Å². The summed E-state index contributed by atoms with van der Waals surface area (Å²) >= 11 is 12.6. The van der Waals surface area contributed by atoms with Crippen LogP contribution >= 0.6 is 23.2 Å². The van der Waals surface area contributed by atoms with Gasteiger partial charge in [-0.1, -0.05) is 23.2 Å². The molecule has 2 atom stereocenters. The molecular weight excluding hydrogens is 525 g/mol. The van der Waals surface area contributed by atoms with Crippen LogP contribution in [0.4, 0.5) is 5.82 Å². The van der Waals surface area contributed by atoms with Crippen molar-refractivity contribution in [1.82, 2.24) is 35.2 Å². The van der Waals surface area contributed by atoms with Crippen LogP contribution < -0.4 is 15.4 Å². The van der Waals surface area contributed by atoms with E-state index in [2.05, 4.69) is 35.4 Å². The Kier molecular flexibility index (Phi) is 6.17. The van der Waals surface area contributed by atoms with Gasteiger partial charge in [-0.3, -0.25) is 14.8 Å². The molecule has 0 saturated carbocycles. The van der Waals surface area contributed by atoms with Gasteiger partial charge in [0.25, 0.3) is 0 Å². The van der Waals surface area contributed by atoms with E-state index in [1.165, 1.54) is 0 Å². The first-order valence-electron chi connectivity index (χ1n) is 12.1. The van der Waals surface area contributed by atoms with Gasteiger partial charge in [-0.2, -0.15) is 10.2 Å². The lowest BCUT2D eigenvalue weighted by Gasteiger charge is -2.25. The summed E-state index contributed by atoms with van der Waals surface area (Å²) in [5.41, 5.74) is 10.1. The maximum atomic E-state index is 6.73. The highest BCUT2D eigenvalue weighted by atomic mass is 35.5. The lowest BCUT2D eigenvalue weighted by atomic mass is 9.96. The predicted molar refractivity (Wildman–Crippen MR) is 146 cm³/mol. The van der Waals surface area contributed by atoms with E-state index in [1.807, 2.05) is 55.1 Å². The molecule has 38 heavy (non-hydrogen) atoms. The van der Waals surface area contributed by atoms with Gasteiger partial charge in [-0.05, 0) is 49.7 Å². The van der Waals surface area contributed by atoms with Gasteiger partial charge in [-0.15, -0.1) is 10.2 Å². The number of halogens is 2. The molecule has 0 amide bonds. The number of fused-ring (bicyclic) bond motifs is 1. The average Bonchev–Trinajstić information content (AvgIpc) is 3.63. The van der Waals surface area contributed by atoms with Gasteiger partial charge in [-0.25, -0.2) is 0 Å². The van der Waals surface area contributed by atoms with Crippen LogP contribution in [0.2, 0.25) is 10.0 Å². The fourth-order valence-corrected chi connectivity index (χ4v) is 5.73. The van der Waals surface area contributed by atoms with E-state index in [0.29, 0.717) is 39.3 Å². The molecule has 10 nitrogen and oxygen atoms in total. The van der Waals surface area contributed by atoms with Crippen molar-refractivity contribution in [1.29, 1.82) is 0 Å². The molecule has 0 spiro atoms. The van der Waals surface area contributed by atoms with E-state index in [9.17, 15) is 0 Å². The molecular formula is C26H25Cl2N9O. The Morgan fingerprint density at radius 1 is 1.11 bits per heavy atom. The first kappa shape index (κ1) is 24.6. The van der Waals surface area contributed by atoms with E-state index in [0.717, 1.165) is 35.4 Å². The summed E-state index contributed by atoms with van der Waals surface area (Å²) in [5.74, 6) is 1.42. The van der Waals surface area contributed by atoms with Crippen LogP contribution in [-0.2, 0) is 12.6 Å². The highest BCUT2D eigenvalue weighted by Crippen LogP contribution is 2.35. The molecule has 0 radical (unpaired) electrons. The second-order valence-electron chi connectivity index (χ2n) is 9.50. The van der Waals surface area contributed by atoms with Crippen LogP contribution in [-0.4, -0.2) is 48.2 Å². The summed E-state index contributed by atoms with van der Waals surface area (Å²) in [6.07, 6.45) is 5.30. The minimum absolute atomic E-state index is 0.383. The van der Waals surface area contributed by atoms with E-state index in [4.69, 9.17) is 33.7 Å². The van der Waals surface area contributed by atoms with Gasteiger partial charge in [0.1, 0.15) is 23.2 Å². The van der Waals surface area contributed by atoms with Crippen molar-refractivity contribution in [2.75, 3.05) is 18.0 Å². The molecule has 0 unspecified atom stereocenters. The summed E-state index contributed by atoms with van der Waals surface area (Å²) in [6.45, 7) is 3.31. The SMILES string of the molecule is C[C@@H](Oc1ccc2[nH]nc(-c3ccc(N4CC[C@](N)(c5ccnn5C)C4)nn3)c2c1)c1c(Cl)cncc1Cl. The van der Waals surface area contributed by atoms with Crippen LogP contribution in [0.1, 0.15) is 30.7 Å². The Labute approximate surface area is 228 Å². The first-order chi connectivity index (χ1) is 18.3. The van der Waals surface area contributed by atoms with Crippen LogP contribution in [0.5, 0.6) is 5.75 Å². The normalized spacial score (nSPS) is 18.3. The number of ether oxygens (including phenoxy) is 1. The third-order valence-electron chi connectivity index (χ3n) is 6.99. The average molecular weight is 550 g/mol. The molecule has 0 aliphatic carbocycles. The molecule has 1 fully saturated rings. The Morgan fingerprint density at radius 3 is 2.63 bits per heavy atom. The third kappa shape index (κ3) is 4.34. The highest BCUT2D eigenvalue weighted by Gasteiger charge is 2.38. The van der Waals surface area contributed by atoms with E-state index in [-0.39, 0.29) is 6.10 Å². The fraction of sp³-hybridized carbons (Fsp3) is 0.269. The smallest absolute Gasteiger partial charge is 0.151 e. The van der Waals surface area contributed by atoms with Gasteiger partial charge in [0.2, 0.25) is 0 Å². The minimum Gasteiger partial charge on any atom is -0.486 e. The quantitative estimate of drug-likeness (QED) is 0.313. The van der Waals surface area contributed by atoms with Gasteiger partial charge in [0, 0.05) is 49.7 Å². The molecule has 194 valence electrons. The molecule has 3 N–H and O–H groups in total. The number of aromatic nitrogens is 7. The number of nitrogens with two attached hydrogens (primary N) is 1. The summed E-state index contributed by atoms with van der Waals surface area (Å²) in [4.78, 5) is 6.16. The standard InChI is InChI=1S/C26H25Cl2N9O/c1-15(24-18(27)12-30-13-19(24)28)38-16-3-4-20-17(11-16)25(35-32-20)21-5-6-23(34-33-21)37-10-8-26(29,14-37)22-7-9-31-36(22)2/h3-7,9,11-13,15H,8,10,14,29H2,1-2H3,(H,32,35)/t15-,26-/m1/s1. The van der Waals surface area contributed by atoms with Crippen molar-refractivity contribution in [2.24, 2.45) is 12.8 Å². The first-order valence-corrected chi connectivity index (χ1v) is 12.9. The Morgan fingerprint density at radius 2 is 1.92 bits per heavy atom. The third-order valence-corrected chi connectivity index (χ3v) is 7.60. The van der Waals surface area contributed by atoms with E-state index in [1.54, 1.807) is 18.6 Å². The molecule has 1 saturated heterocycles. The molecule has 12 heteroatoms. The summed E-state index contributed by atoms with van der Waals surface area (Å²) in [6, 6.07) is 11.5. The van der Waals surface area contributed by atoms with E-state index < -0.39 is 5.54 Å². The number of aryl methyl sites for hydroxylation is 1. The number of nitrogens with one attached hydrogen (secondary N) is 1. The second kappa shape index (κ2) is 9.54. The van der Waals surface area contributed by atoms with Crippen molar-refractivity contribution < 1.29 is 4.74 Å². The summed E-state index contributed by atoms with van der Waals surface area (Å²) in [5, 5.41) is 22.6. The lowest BCUT2D eigenvalue weighted by molar-refractivity contribution is 0.227. The molecule has 0 bridgehead atoms. The van der Waals surface area contributed by atoms with Gasteiger partial charge in [0.15, 0.2) is 5.82 Å². The molecule has 4 aromatic heterocycles. The maximum absolute atomic E-state index is 6.73. The topological polar surface area (TPSA) is 124 Å². The predicted octanol–water partition coefficient (Wildman–Crippen LogP) is 4.66. The number of hydrogen-bond donors (Lipinski definition) is 2. The zero-order valence-electron chi connectivity index (χ0n) is 20.8. The summed E-state index contributed by atoms with van der Waals surface area (Å²) in [7, 11) is 1.91. The van der Waals surface area contributed by atoms with Crippen molar-refractivity contribution in [3.05, 3.63) is 76.3 Å². The highest BCUT2D eigenvalue weighted by molar-refractivity contribution is 6.35. The van der Waals surface area contributed by atoms with E-state index >= 15 is 0 Å². The van der Waals surface area contributed by atoms with Crippen molar-refractivity contribution in [3.63, 3.8) is 0 Å². The van der Waals surface area contributed by atoms with Crippen LogP contribution in [0, 0.1) is 0 Å². The van der Waals surface area contributed by atoms with Crippen LogP contribution in [0.3, 0.4) is 0 Å². The van der Waals surface area contributed by atoms with Gasteiger partial charge < -0.3 is 15.4 Å². The molecule has 5 heterocycles. The number of nitrogens with zero attached hydrogens (tertiary/aromatic N) is 7. The number of H-pyrrole nitrogens is 1. The monoisotopic (exact) mass is 549 g/mol. The molecule has 1 aliphatic rings. The zero-order valence-corrected chi connectivity index (χ0v) is 22.3. The lowest BCUT2D eigenvalue weighted by Crippen LogP contribution is -2.41. The number of benzene rings is 1. The summed E-state index contributed by atoms with van der Waals surface area (Å²) < 4.78 is 8.01. The minimum atomic E-state index is -0.484. The number of pyridine rings is 1. The fourth-order valence-electron chi connectivity index (χ4n) is 5.05. The van der Waals surface area contributed by atoms with Crippen molar-refractivity contribution in [3.8, 4) is 17.1 Å². The number of aromatic amines is 1. The van der Waals surface area contributed by atoms with Crippen molar-refractivity contribution >= 4 is 39.9 Å². The van der Waals surface area contributed by atoms with Gasteiger partial charge >= 0.3 is 0 Å². The number of rotatable bonds is 6. The molecule has 5 aromatic rings. The molecule has 1 aromatic carbocycles. The van der Waals surface area contributed by atoms with Gasteiger partial charge in [0.05, 0.1) is 26.8 Å². The Bertz CT molecular complexity index is 1600. The molecule has 1 aliphatic heterocycles. The largest absolute Gasteiger partial charge is 0.486 e. The Balaban J connectivity index is 1.23. The van der Waals surface area contributed by atoms with Crippen LogP contribution in [0.15, 0.2) is 55.0 Å². The maximum Gasteiger partial charge on any atom is 0.151 e. The number of hydrogen-bond acceptors (Lipinski definition) is 8. The zero-order chi connectivity index (χ0) is 26.4.